The van der Waals surface area contributed by atoms with Crippen molar-refractivity contribution in [3.8, 4) is 0 Å². The lowest BCUT2D eigenvalue weighted by Crippen LogP contribution is -2.55. The van der Waals surface area contributed by atoms with Crippen molar-refractivity contribution in [2.45, 2.75) is 37.7 Å². The second-order valence-corrected chi connectivity index (χ2v) is 4.57. The van der Waals surface area contributed by atoms with Crippen LogP contribution in [0.25, 0.3) is 0 Å². The van der Waals surface area contributed by atoms with E-state index in [2.05, 4.69) is 0 Å². The highest BCUT2D eigenvalue weighted by Gasteiger charge is 2.42. The molecule has 5 nitrogen and oxygen atoms in total. The minimum absolute atomic E-state index is 0.0312. The van der Waals surface area contributed by atoms with Crippen LogP contribution in [0.5, 0.6) is 0 Å². The van der Waals surface area contributed by atoms with Crippen molar-refractivity contribution < 1.29 is 18.1 Å². The molecule has 0 heterocycles. The Morgan fingerprint density at radius 3 is 2.08 bits per heavy atom. The summed E-state index contributed by atoms with van der Waals surface area (Å²) in [7, 11) is -4.40. The summed E-state index contributed by atoms with van der Waals surface area (Å²) in [5.41, 5.74) is 5.34. The van der Waals surface area contributed by atoms with Crippen LogP contribution >= 0.6 is 0 Å². The molecule has 4 N–H and O–H groups in total. The van der Waals surface area contributed by atoms with Gasteiger partial charge in [-0.2, -0.15) is 8.42 Å². The van der Waals surface area contributed by atoms with Gasteiger partial charge in [0.1, 0.15) is 0 Å². The third-order valence-electron chi connectivity index (χ3n) is 1.83. The SMILES string of the molecule is CCCC(N)(C(C)O)S(=O)(=O)O. The van der Waals surface area contributed by atoms with Crippen LogP contribution in [0, 0.1) is 0 Å². The third kappa shape index (κ3) is 2.16. The van der Waals surface area contributed by atoms with Crippen molar-refractivity contribution >= 4 is 10.1 Å². The van der Waals surface area contributed by atoms with E-state index in [1.165, 1.54) is 6.92 Å². The first-order chi connectivity index (χ1) is 5.25. The van der Waals surface area contributed by atoms with Gasteiger partial charge in [0, 0.05) is 0 Å². The molecule has 74 valence electrons. The number of rotatable bonds is 4. The summed E-state index contributed by atoms with van der Waals surface area (Å²) in [6.07, 6.45) is -0.780. The molecule has 0 aromatic heterocycles. The van der Waals surface area contributed by atoms with Crippen LogP contribution in [-0.2, 0) is 10.1 Å². The van der Waals surface area contributed by atoms with Crippen molar-refractivity contribution in [2.24, 2.45) is 5.73 Å². The predicted molar refractivity (Wildman–Crippen MR) is 45.1 cm³/mol. The smallest absolute Gasteiger partial charge is 0.286 e. The monoisotopic (exact) mass is 197 g/mol. The highest BCUT2D eigenvalue weighted by molar-refractivity contribution is 7.87. The maximum atomic E-state index is 10.8. The molecule has 0 bridgehead atoms. The highest BCUT2D eigenvalue weighted by atomic mass is 32.2. The van der Waals surface area contributed by atoms with Gasteiger partial charge in [0.05, 0.1) is 6.10 Å². The number of hydrogen-bond donors (Lipinski definition) is 3. The molecular formula is C6H15NO4S. The molecule has 0 aliphatic carbocycles. The van der Waals surface area contributed by atoms with Crippen LogP contribution in [-0.4, -0.2) is 29.1 Å². The Hall–Kier alpha value is -0.170. The molecule has 0 aliphatic heterocycles. The summed E-state index contributed by atoms with van der Waals surface area (Å²) < 4.78 is 30.2. The van der Waals surface area contributed by atoms with Crippen LogP contribution in [0.15, 0.2) is 0 Å². The molecule has 0 fully saturated rings. The lowest BCUT2D eigenvalue weighted by molar-refractivity contribution is 0.132. The van der Waals surface area contributed by atoms with Gasteiger partial charge in [-0.05, 0) is 13.3 Å². The van der Waals surface area contributed by atoms with Crippen molar-refractivity contribution in [3.63, 3.8) is 0 Å². The Balaban J connectivity index is 4.89. The van der Waals surface area contributed by atoms with Crippen LogP contribution in [0.4, 0.5) is 0 Å². The fourth-order valence-electron chi connectivity index (χ4n) is 0.944. The van der Waals surface area contributed by atoms with Gasteiger partial charge in [-0.3, -0.25) is 4.55 Å². The van der Waals surface area contributed by atoms with E-state index in [0.29, 0.717) is 6.42 Å². The molecule has 0 radical (unpaired) electrons. The second kappa shape index (κ2) is 3.69. The van der Waals surface area contributed by atoms with E-state index in [-0.39, 0.29) is 6.42 Å². The maximum Gasteiger partial charge on any atom is 0.286 e. The molecule has 6 heteroatoms. The van der Waals surface area contributed by atoms with Crippen LogP contribution in [0.1, 0.15) is 26.7 Å². The van der Waals surface area contributed by atoms with Crippen LogP contribution in [0.3, 0.4) is 0 Å². The molecule has 0 aromatic carbocycles. The molecule has 0 aliphatic rings. The van der Waals surface area contributed by atoms with E-state index < -0.39 is 21.1 Å². The van der Waals surface area contributed by atoms with E-state index >= 15 is 0 Å². The van der Waals surface area contributed by atoms with Gasteiger partial charge in [0.25, 0.3) is 10.1 Å². The average molecular weight is 197 g/mol. The van der Waals surface area contributed by atoms with Crippen LogP contribution < -0.4 is 5.73 Å². The summed E-state index contributed by atoms with van der Waals surface area (Å²) in [4.78, 5) is -1.93. The van der Waals surface area contributed by atoms with Gasteiger partial charge in [0.2, 0.25) is 0 Å². The quantitative estimate of drug-likeness (QED) is 0.538. The predicted octanol–water partition coefficient (Wildman–Crippen LogP) is -0.290. The zero-order chi connectivity index (χ0) is 9.99. The zero-order valence-corrected chi connectivity index (χ0v) is 8.00. The highest BCUT2D eigenvalue weighted by Crippen LogP contribution is 2.20. The van der Waals surface area contributed by atoms with Gasteiger partial charge in [-0.25, -0.2) is 0 Å². The second-order valence-electron chi connectivity index (χ2n) is 2.86. The third-order valence-corrected chi connectivity index (χ3v) is 3.33. The standard InChI is InChI=1S/C6H15NO4S/c1-3-4-6(7,5(2)8)12(9,10)11/h5,8H,3-4,7H2,1-2H3,(H,9,10,11). The van der Waals surface area contributed by atoms with Crippen LogP contribution in [0.2, 0.25) is 0 Å². The van der Waals surface area contributed by atoms with E-state index in [1.807, 2.05) is 0 Å². The molecule has 0 saturated carbocycles. The van der Waals surface area contributed by atoms with Gasteiger partial charge in [0.15, 0.2) is 4.87 Å². The largest absolute Gasteiger partial charge is 0.390 e. The fourth-order valence-corrected chi connectivity index (χ4v) is 1.84. The Labute approximate surface area is 72.3 Å². The van der Waals surface area contributed by atoms with Gasteiger partial charge >= 0.3 is 0 Å². The topological polar surface area (TPSA) is 101 Å². The Bertz CT molecular complexity index is 236. The summed E-state index contributed by atoms with van der Waals surface area (Å²) in [5.74, 6) is 0. The minimum Gasteiger partial charge on any atom is -0.390 e. The van der Waals surface area contributed by atoms with E-state index in [9.17, 15) is 8.42 Å². The molecule has 2 unspecified atom stereocenters. The lowest BCUT2D eigenvalue weighted by atomic mass is 10.1. The minimum atomic E-state index is -4.40. The fraction of sp³-hybridized carbons (Fsp3) is 1.00. The number of nitrogens with two attached hydrogens (primary N) is 1. The molecule has 0 aromatic rings. The van der Waals surface area contributed by atoms with Gasteiger partial charge in [-0.1, -0.05) is 13.3 Å². The van der Waals surface area contributed by atoms with Crippen molar-refractivity contribution in [1.82, 2.24) is 0 Å². The zero-order valence-electron chi connectivity index (χ0n) is 7.19. The van der Waals surface area contributed by atoms with E-state index in [4.69, 9.17) is 15.4 Å². The van der Waals surface area contributed by atoms with Crippen molar-refractivity contribution in [1.29, 1.82) is 0 Å². The van der Waals surface area contributed by atoms with Gasteiger partial charge < -0.3 is 10.8 Å². The number of aliphatic hydroxyl groups is 1. The molecule has 0 rings (SSSR count). The maximum absolute atomic E-state index is 10.8. The van der Waals surface area contributed by atoms with Crippen molar-refractivity contribution in [2.75, 3.05) is 0 Å². The Morgan fingerprint density at radius 1 is 1.58 bits per heavy atom. The van der Waals surface area contributed by atoms with E-state index in [0.717, 1.165) is 0 Å². The van der Waals surface area contributed by atoms with Crippen molar-refractivity contribution in [3.05, 3.63) is 0 Å². The Morgan fingerprint density at radius 2 is 2.00 bits per heavy atom. The first kappa shape index (κ1) is 11.8. The molecule has 0 spiro atoms. The van der Waals surface area contributed by atoms with Gasteiger partial charge in [-0.15, -0.1) is 0 Å². The summed E-state index contributed by atoms with van der Waals surface area (Å²) in [5, 5.41) is 9.07. The first-order valence-electron chi connectivity index (χ1n) is 3.69. The summed E-state index contributed by atoms with van der Waals surface area (Å²) >= 11 is 0. The number of hydrogen-bond acceptors (Lipinski definition) is 4. The first-order valence-corrected chi connectivity index (χ1v) is 5.13. The summed E-state index contributed by atoms with van der Waals surface area (Å²) in [6.45, 7) is 2.96. The molecular weight excluding hydrogens is 182 g/mol. The molecule has 0 amide bonds. The Kier molecular flexibility index (Phi) is 3.64. The number of aliphatic hydroxyl groups excluding tert-OH is 1. The summed E-state index contributed by atoms with van der Waals surface area (Å²) in [6, 6.07) is 0. The molecule has 12 heavy (non-hydrogen) atoms. The van der Waals surface area contributed by atoms with E-state index in [1.54, 1.807) is 6.92 Å². The normalized spacial score (nSPS) is 20.1. The lowest BCUT2D eigenvalue weighted by Gasteiger charge is -2.28. The molecule has 0 saturated heterocycles. The average Bonchev–Trinajstić information content (AvgIpc) is 1.85. The molecule has 2 atom stereocenters.